The molecule has 1 fully saturated rings. The summed E-state index contributed by atoms with van der Waals surface area (Å²) in [6, 6.07) is 5.02. The Hall–Kier alpha value is -2.84. The van der Waals surface area contributed by atoms with E-state index in [0.29, 0.717) is 16.7 Å². The van der Waals surface area contributed by atoms with Gasteiger partial charge in [-0.05, 0) is 58.8 Å². The van der Waals surface area contributed by atoms with Crippen LogP contribution in [0.15, 0.2) is 51.6 Å². The number of hydrogen-bond donors (Lipinski definition) is 2. The Kier molecular flexibility index (Phi) is 4.43. The van der Waals surface area contributed by atoms with E-state index in [9.17, 15) is 29.5 Å². The van der Waals surface area contributed by atoms with Gasteiger partial charge < -0.3 is 5.11 Å². The summed E-state index contributed by atoms with van der Waals surface area (Å²) in [5.41, 5.74) is 2.85. The van der Waals surface area contributed by atoms with Crippen LogP contribution in [-0.2, 0) is 19.2 Å². The summed E-state index contributed by atoms with van der Waals surface area (Å²) in [7, 11) is 0. The van der Waals surface area contributed by atoms with Gasteiger partial charge in [-0.1, -0.05) is 23.8 Å². The summed E-state index contributed by atoms with van der Waals surface area (Å²) >= 11 is 3.17. The third-order valence-electron chi connectivity index (χ3n) is 6.86. The number of carbonyl (C=O) groups is 4. The van der Waals surface area contributed by atoms with Crippen LogP contribution in [0.25, 0.3) is 0 Å². The van der Waals surface area contributed by atoms with Crippen molar-refractivity contribution in [3.05, 3.63) is 62.7 Å². The summed E-state index contributed by atoms with van der Waals surface area (Å²) in [4.78, 5) is 51.1. The lowest BCUT2D eigenvalue weighted by molar-refractivity contribution is -0.173. The molecule has 1 aromatic carbocycles. The first-order chi connectivity index (χ1) is 14.7. The predicted octanol–water partition coefficient (Wildman–Crippen LogP) is 2.85. The molecule has 5 rings (SSSR count). The van der Waals surface area contributed by atoms with Gasteiger partial charge in [-0.2, -0.15) is 5.06 Å². The molecule has 1 aliphatic heterocycles. The fourth-order valence-electron chi connectivity index (χ4n) is 5.43. The van der Waals surface area contributed by atoms with E-state index < -0.39 is 35.5 Å². The summed E-state index contributed by atoms with van der Waals surface area (Å²) in [5, 5.41) is 20.1. The summed E-state index contributed by atoms with van der Waals surface area (Å²) in [6.07, 6.45) is 3.57. The Labute approximate surface area is 185 Å². The van der Waals surface area contributed by atoms with Crippen molar-refractivity contribution < 1.29 is 29.5 Å². The van der Waals surface area contributed by atoms with Gasteiger partial charge in [0.1, 0.15) is 5.75 Å². The quantitative estimate of drug-likeness (QED) is 0.275. The van der Waals surface area contributed by atoms with E-state index in [0.717, 1.165) is 11.1 Å². The minimum Gasteiger partial charge on any atom is -0.508 e. The van der Waals surface area contributed by atoms with Crippen LogP contribution in [0.3, 0.4) is 0 Å². The van der Waals surface area contributed by atoms with Gasteiger partial charge in [-0.3, -0.25) is 24.4 Å². The number of aryl methyl sites for hydroxylation is 1. The first-order valence-corrected chi connectivity index (χ1v) is 10.8. The van der Waals surface area contributed by atoms with Gasteiger partial charge in [0.25, 0.3) is 11.8 Å². The first-order valence-electron chi connectivity index (χ1n) is 9.96. The molecule has 0 saturated carbocycles. The number of hydroxylamine groups is 2. The topological polar surface area (TPSA) is 112 Å². The number of halogens is 1. The van der Waals surface area contributed by atoms with Crippen molar-refractivity contribution in [2.45, 2.75) is 25.7 Å². The van der Waals surface area contributed by atoms with Crippen LogP contribution in [0.2, 0.25) is 0 Å². The molecule has 4 atom stereocenters. The zero-order chi connectivity index (χ0) is 22.2. The molecule has 4 unspecified atom stereocenters. The molecule has 1 heterocycles. The van der Waals surface area contributed by atoms with Gasteiger partial charge >= 0.3 is 0 Å². The highest BCUT2D eigenvalue weighted by molar-refractivity contribution is 9.12. The standard InChI is InChI=1S/C23H18BrNO6/c1-9-6-10(2-5-16(9)26)18-11-3-4-12-19(23(30)25(31)22(12)29)13(11)7-14-20(18)17(27)8-15(24)21(14)28/h2-3,5-6,8,12-13,18-19,26,31H,4,7H2,1H3. The molecule has 1 aromatic rings. The zero-order valence-electron chi connectivity index (χ0n) is 16.5. The average molecular weight is 484 g/mol. The predicted molar refractivity (Wildman–Crippen MR) is 111 cm³/mol. The van der Waals surface area contributed by atoms with Crippen LogP contribution in [0.4, 0.5) is 0 Å². The number of benzene rings is 1. The van der Waals surface area contributed by atoms with E-state index in [-0.39, 0.29) is 39.7 Å². The molecule has 158 valence electrons. The van der Waals surface area contributed by atoms with E-state index in [1.165, 1.54) is 6.08 Å². The van der Waals surface area contributed by atoms with Gasteiger partial charge in [0.2, 0.25) is 0 Å². The zero-order valence-corrected chi connectivity index (χ0v) is 18.0. The first kappa shape index (κ1) is 20.1. The van der Waals surface area contributed by atoms with Crippen LogP contribution >= 0.6 is 15.9 Å². The molecule has 1 saturated heterocycles. The van der Waals surface area contributed by atoms with E-state index >= 15 is 0 Å². The van der Waals surface area contributed by atoms with Gasteiger partial charge in [0, 0.05) is 23.1 Å². The van der Waals surface area contributed by atoms with Crippen molar-refractivity contribution in [3.63, 3.8) is 0 Å². The molecule has 0 aromatic heterocycles. The summed E-state index contributed by atoms with van der Waals surface area (Å²) < 4.78 is 0.161. The van der Waals surface area contributed by atoms with Gasteiger partial charge in [-0.15, -0.1) is 0 Å². The maximum atomic E-state index is 13.0. The highest BCUT2D eigenvalue weighted by atomic mass is 79.9. The number of rotatable bonds is 1. The monoisotopic (exact) mass is 483 g/mol. The summed E-state index contributed by atoms with van der Waals surface area (Å²) in [6.45, 7) is 1.74. The highest BCUT2D eigenvalue weighted by Gasteiger charge is 2.56. The van der Waals surface area contributed by atoms with E-state index in [2.05, 4.69) is 15.9 Å². The van der Waals surface area contributed by atoms with Gasteiger partial charge in [0.15, 0.2) is 11.6 Å². The van der Waals surface area contributed by atoms with Crippen molar-refractivity contribution in [2.75, 3.05) is 0 Å². The lowest BCUT2D eigenvalue weighted by Gasteiger charge is -2.42. The second kappa shape index (κ2) is 6.83. The number of aromatic hydroxyl groups is 1. The number of Topliss-reactive ketones (excluding diaryl/α,β-unsaturated/α-hetero) is 1. The van der Waals surface area contributed by atoms with E-state index in [1.54, 1.807) is 25.1 Å². The number of carbonyl (C=O) groups excluding carboxylic acids is 4. The van der Waals surface area contributed by atoms with Crippen molar-refractivity contribution >= 4 is 39.3 Å². The van der Waals surface area contributed by atoms with Crippen molar-refractivity contribution in [1.29, 1.82) is 0 Å². The maximum absolute atomic E-state index is 13.0. The molecule has 8 heteroatoms. The number of phenols is 1. The minimum absolute atomic E-state index is 0.115. The fraction of sp³-hybridized carbons (Fsp3) is 0.304. The normalized spacial score (nSPS) is 30.1. The Morgan fingerprint density at radius 3 is 2.55 bits per heavy atom. The number of phenolic OH excluding ortho intramolecular Hbond substituents is 1. The largest absolute Gasteiger partial charge is 0.508 e. The average Bonchev–Trinajstić information content (AvgIpc) is 2.97. The molecular weight excluding hydrogens is 466 g/mol. The van der Waals surface area contributed by atoms with E-state index in [1.807, 2.05) is 6.08 Å². The molecular formula is C23H18BrNO6. The number of amides is 2. The minimum atomic E-state index is -0.778. The third-order valence-corrected chi connectivity index (χ3v) is 7.45. The van der Waals surface area contributed by atoms with Crippen molar-refractivity contribution in [2.24, 2.45) is 17.8 Å². The fourth-order valence-corrected chi connectivity index (χ4v) is 5.87. The number of fused-ring (bicyclic) bond motifs is 3. The molecule has 3 aliphatic carbocycles. The Morgan fingerprint density at radius 2 is 1.84 bits per heavy atom. The molecule has 0 spiro atoms. The van der Waals surface area contributed by atoms with Crippen LogP contribution < -0.4 is 0 Å². The van der Waals surface area contributed by atoms with Crippen molar-refractivity contribution in [3.8, 4) is 5.75 Å². The molecule has 0 radical (unpaired) electrons. The highest BCUT2D eigenvalue weighted by Crippen LogP contribution is 2.55. The van der Waals surface area contributed by atoms with Crippen LogP contribution in [0.1, 0.15) is 29.9 Å². The summed E-state index contributed by atoms with van der Waals surface area (Å²) in [5.74, 6) is -4.29. The third kappa shape index (κ3) is 2.74. The van der Waals surface area contributed by atoms with Crippen molar-refractivity contribution in [1.82, 2.24) is 5.06 Å². The van der Waals surface area contributed by atoms with Gasteiger partial charge in [0.05, 0.1) is 16.3 Å². The van der Waals surface area contributed by atoms with Crippen LogP contribution in [-0.4, -0.2) is 38.8 Å². The maximum Gasteiger partial charge on any atom is 0.257 e. The molecule has 2 amide bonds. The number of imide groups is 1. The van der Waals surface area contributed by atoms with Crippen LogP contribution in [0, 0.1) is 24.7 Å². The molecule has 31 heavy (non-hydrogen) atoms. The second-order valence-electron chi connectivity index (χ2n) is 8.43. The van der Waals surface area contributed by atoms with Crippen LogP contribution in [0.5, 0.6) is 5.75 Å². The SMILES string of the molecule is Cc1cc(C2C3=CCC4C(=O)N(O)C(=O)C4C3CC3=C2C(=O)C=C(Br)C3=O)ccc1O. The number of hydrogen-bond acceptors (Lipinski definition) is 6. The number of ketones is 2. The Morgan fingerprint density at radius 1 is 1.10 bits per heavy atom. The molecule has 0 bridgehead atoms. The molecule has 4 aliphatic rings. The molecule has 7 nitrogen and oxygen atoms in total. The van der Waals surface area contributed by atoms with Gasteiger partial charge in [-0.25, -0.2) is 0 Å². The lowest BCUT2D eigenvalue weighted by atomic mass is 9.59. The Balaban J connectivity index is 1.72. The van der Waals surface area contributed by atoms with E-state index in [4.69, 9.17) is 0 Å². The molecule has 2 N–H and O–H groups in total. The number of nitrogens with zero attached hydrogens (tertiary/aromatic N) is 1. The number of allylic oxidation sites excluding steroid dienone is 6. The Bertz CT molecular complexity index is 1190. The smallest absolute Gasteiger partial charge is 0.257 e. The second-order valence-corrected chi connectivity index (χ2v) is 9.28. The lowest BCUT2D eigenvalue weighted by Crippen LogP contribution is -2.39.